The average Bonchev–Trinajstić information content (AvgIpc) is 2.16. The zero-order chi connectivity index (χ0) is 11.2. The van der Waals surface area contributed by atoms with Crippen molar-refractivity contribution in [3.05, 3.63) is 0 Å². The monoisotopic (exact) mass is 222 g/mol. The van der Waals surface area contributed by atoms with Crippen molar-refractivity contribution in [3.8, 4) is 0 Å². The second-order valence-corrected chi connectivity index (χ2v) is 4.29. The summed E-state index contributed by atoms with van der Waals surface area (Å²) < 4.78 is 4.62. The lowest BCUT2D eigenvalue weighted by atomic mass is 9.84. The van der Waals surface area contributed by atoms with E-state index in [4.69, 9.17) is 11.6 Å². The SMILES string of the molecule is COC(=O)C(C)(C)C(O)CCCCCl. The second kappa shape index (κ2) is 6.25. The summed E-state index contributed by atoms with van der Waals surface area (Å²) in [6.45, 7) is 3.37. The minimum absolute atomic E-state index is 0.379. The summed E-state index contributed by atoms with van der Waals surface area (Å²) in [5, 5.41) is 9.76. The van der Waals surface area contributed by atoms with E-state index in [2.05, 4.69) is 4.74 Å². The van der Waals surface area contributed by atoms with Crippen molar-refractivity contribution in [1.29, 1.82) is 0 Å². The third-order valence-electron chi connectivity index (χ3n) is 2.41. The summed E-state index contributed by atoms with van der Waals surface area (Å²) in [6.07, 6.45) is 1.59. The number of halogens is 1. The molecule has 0 fully saturated rings. The van der Waals surface area contributed by atoms with Crippen LogP contribution in [0.15, 0.2) is 0 Å². The van der Waals surface area contributed by atoms with Gasteiger partial charge < -0.3 is 9.84 Å². The van der Waals surface area contributed by atoms with Crippen molar-refractivity contribution in [2.24, 2.45) is 5.41 Å². The molecule has 0 aromatic heterocycles. The van der Waals surface area contributed by atoms with Crippen molar-refractivity contribution in [2.75, 3.05) is 13.0 Å². The predicted molar refractivity (Wildman–Crippen MR) is 56.4 cm³/mol. The minimum Gasteiger partial charge on any atom is -0.469 e. The topological polar surface area (TPSA) is 46.5 Å². The molecule has 0 rings (SSSR count). The molecule has 1 unspecified atom stereocenters. The van der Waals surface area contributed by atoms with Crippen LogP contribution in [0.4, 0.5) is 0 Å². The van der Waals surface area contributed by atoms with Gasteiger partial charge in [-0.05, 0) is 33.1 Å². The van der Waals surface area contributed by atoms with Crippen LogP contribution in [0.1, 0.15) is 33.1 Å². The highest BCUT2D eigenvalue weighted by atomic mass is 35.5. The van der Waals surface area contributed by atoms with Crippen LogP contribution >= 0.6 is 11.6 Å². The number of unbranched alkanes of at least 4 members (excludes halogenated alkanes) is 1. The molecule has 0 spiro atoms. The molecule has 4 heteroatoms. The smallest absolute Gasteiger partial charge is 0.313 e. The Bertz CT molecular complexity index is 180. The van der Waals surface area contributed by atoms with Crippen LogP contribution in [0.5, 0.6) is 0 Å². The van der Waals surface area contributed by atoms with E-state index in [0.717, 1.165) is 12.8 Å². The maximum Gasteiger partial charge on any atom is 0.313 e. The first-order valence-electron chi connectivity index (χ1n) is 4.79. The van der Waals surface area contributed by atoms with Crippen LogP contribution in [0.25, 0.3) is 0 Å². The summed E-state index contributed by atoms with van der Waals surface area (Å²) >= 11 is 5.52. The van der Waals surface area contributed by atoms with Gasteiger partial charge in [-0.2, -0.15) is 0 Å². The number of methoxy groups -OCH3 is 1. The van der Waals surface area contributed by atoms with Crippen LogP contribution in [0.2, 0.25) is 0 Å². The fourth-order valence-electron chi connectivity index (χ4n) is 1.19. The van der Waals surface area contributed by atoms with Crippen molar-refractivity contribution in [2.45, 2.75) is 39.2 Å². The fourth-order valence-corrected chi connectivity index (χ4v) is 1.38. The Balaban J connectivity index is 4.07. The predicted octanol–water partition coefficient (Wildman–Crippen LogP) is 1.96. The lowest BCUT2D eigenvalue weighted by Gasteiger charge is -2.27. The lowest BCUT2D eigenvalue weighted by Crippen LogP contribution is -2.38. The maximum atomic E-state index is 11.3. The minimum atomic E-state index is -0.832. The first-order chi connectivity index (χ1) is 6.46. The maximum absolute atomic E-state index is 11.3. The molecule has 0 saturated carbocycles. The molecule has 1 atom stereocenters. The molecular formula is C10H19ClO3. The third-order valence-corrected chi connectivity index (χ3v) is 2.67. The fraction of sp³-hybridized carbons (Fsp3) is 0.900. The van der Waals surface area contributed by atoms with E-state index < -0.39 is 11.5 Å². The van der Waals surface area contributed by atoms with E-state index >= 15 is 0 Å². The van der Waals surface area contributed by atoms with Gasteiger partial charge in [-0.25, -0.2) is 0 Å². The van der Waals surface area contributed by atoms with Gasteiger partial charge in [-0.15, -0.1) is 11.6 Å². The summed E-state index contributed by atoms with van der Waals surface area (Å²) in [5.41, 5.74) is -0.832. The number of aliphatic hydroxyl groups is 1. The molecule has 0 amide bonds. The highest BCUT2D eigenvalue weighted by Crippen LogP contribution is 2.25. The molecule has 14 heavy (non-hydrogen) atoms. The number of aliphatic hydroxyl groups excluding tert-OH is 1. The number of alkyl halides is 1. The van der Waals surface area contributed by atoms with Crippen LogP contribution in [0.3, 0.4) is 0 Å². The summed E-state index contributed by atoms with van der Waals surface area (Å²) in [6, 6.07) is 0. The highest BCUT2D eigenvalue weighted by Gasteiger charge is 2.36. The summed E-state index contributed by atoms with van der Waals surface area (Å²) in [4.78, 5) is 11.3. The number of hydrogen-bond donors (Lipinski definition) is 1. The Morgan fingerprint density at radius 3 is 2.50 bits per heavy atom. The molecule has 0 aliphatic carbocycles. The zero-order valence-electron chi connectivity index (χ0n) is 9.05. The molecule has 0 aromatic rings. The largest absolute Gasteiger partial charge is 0.469 e. The van der Waals surface area contributed by atoms with E-state index in [1.165, 1.54) is 7.11 Å². The average molecular weight is 223 g/mol. The molecule has 0 aromatic carbocycles. The van der Waals surface area contributed by atoms with Crippen molar-refractivity contribution in [1.82, 2.24) is 0 Å². The van der Waals surface area contributed by atoms with Crippen molar-refractivity contribution < 1.29 is 14.6 Å². The van der Waals surface area contributed by atoms with Crippen LogP contribution in [-0.4, -0.2) is 30.2 Å². The van der Waals surface area contributed by atoms with Crippen LogP contribution in [-0.2, 0) is 9.53 Å². The van der Waals surface area contributed by atoms with Gasteiger partial charge in [0.1, 0.15) is 0 Å². The van der Waals surface area contributed by atoms with Gasteiger partial charge in [0.15, 0.2) is 0 Å². The molecule has 0 bridgehead atoms. The van der Waals surface area contributed by atoms with E-state index in [1.54, 1.807) is 13.8 Å². The Morgan fingerprint density at radius 2 is 2.07 bits per heavy atom. The van der Waals surface area contributed by atoms with E-state index in [9.17, 15) is 9.90 Å². The lowest BCUT2D eigenvalue weighted by molar-refractivity contribution is -0.157. The van der Waals surface area contributed by atoms with E-state index in [0.29, 0.717) is 12.3 Å². The molecule has 3 nitrogen and oxygen atoms in total. The van der Waals surface area contributed by atoms with Gasteiger partial charge in [0.05, 0.1) is 18.6 Å². The Morgan fingerprint density at radius 1 is 1.50 bits per heavy atom. The number of carbonyl (C=O) groups is 1. The van der Waals surface area contributed by atoms with E-state index in [-0.39, 0.29) is 5.97 Å². The molecule has 0 aliphatic rings. The van der Waals surface area contributed by atoms with Gasteiger partial charge in [-0.3, -0.25) is 4.79 Å². The molecule has 0 heterocycles. The number of carbonyl (C=O) groups excluding carboxylic acids is 1. The highest BCUT2D eigenvalue weighted by molar-refractivity contribution is 6.17. The Kier molecular flexibility index (Phi) is 6.12. The molecular weight excluding hydrogens is 204 g/mol. The van der Waals surface area contributed by atoms with Gasteiger partial charge >= 0.3 is 5.97 Å². The quantitative estimate of drug-likeness (QED) is 0.425. The van der Waals surface area contributed by atoms with Crippen molar-refractivity contribution >= 4 is 17.6 Å². The summed E-state index contributed by atoms with van der Waals surface area (Å²) in [7, 11) is 1.33. The van der Waals surface area contributed by atoms with Crippen molar-refractivity contribution in [3.63, 3.8) is 0 Å². The van der Waals surface area contributed by atoms with Gasteiger partial charge in [-0.1, -0.05) is 0 Å². The van der Waals surface area contributed by atoms with Gasteiger partial charge in [0, 0.05) is 5.88 Å². The Labute approximate surface area is 90.4 Å². The van der Waals surface area contributed by atoms with Gasteiger partial charge in [0.2, 0.25) is 0 Å². The van der Waals surface area contributed by atoms with Crippen LogP contribution in [0, 0.1) is 5.41 Å². The van der Waals surface area contributed by atoms with Gasteiger partial charge in [0.25, 0.3) is 0 Å². The Hall–Kier alpha value is -0.280. The third kappa shape index (κ3) is 3.84. The number of hydrogen-bond acceptors (Lipinski definition) is 3. The first kappa shape index (κ1) is 13.7. The molecule has 0 saturated heterocycles. The zero-order valence-corrected chi connectivity index (χ0v) is 9.80. The summed E-state index contributed by atoms with van der Waals surface area (Å²) in [5.74, 6) is 0.210. The number of ether oxygens (including phenoxy) is 1. The number of rotatable bonds is 6. The van der Waals surface area contributed by atoms with Crippen LogP contribution < -0.4 is 0 Å². The molecule has 1 N–H and O–H groups in total. The molecule has 0 aliphatic heterocycles. The standard InChI is InChI=1S/C10H19ClO3/c1-10(2,9(13)14-3)8(12)6-4-5-7-11/h8,12H,4-7H2,1-3H3. The molecule has 84 valence electrons. The normalized spacial score (nSPS) is 13.8. The van der Waals surface area contributed by atoms with E-state index in [1.807, 2.05) is 0 Å². The molecule has 0 radical (unpaired) electrons. The first-order valence-corrected chi connectivity index (χ1v) is 5.32. The second-order valence-electron chi connectivity index (χ2n) is 3.91. The number of esters is 1.